The van der Waals surface area contributed by atoms with Crippen LogP contribution in [0.5, 0.6) is 5.75 Å². The summed E-state index contributed by atoms with van der Waals surface area (Å²) in [6.45, 7) is 8.15. The van der Waals surface area contributed by atoms with E-state index in [2.05, 4.69) is 19.2 Å². The molecule has 1 amide bonds. The maximum Gasteiger partial charge on any atom is 0.261 e. The van der Waals surface area contributed by atoms with Crippen molar-refractivity contribution < 1.29 is 9.53 Å². The predicted molar refractivity (Wildman–Crippen MR) is 98.2 cm³/mol. The van der Waals surface area contributed by atoms with Gasteiger partial charge in [-0.15, -0.1) is 0 Å². The highest BCUT2D eigenvalue weighted by Gasteiger charge is 2.22. The lowest BCUT2D eigenvalue weighted by Gasteiger charge is -2.22. The average Bonchev–Trinajstić information content (AvgIpc) is 2.61. The fourth-order valence-corrected chi connectivity index (χ4v) is 2.64. The van der Waals surface area contributed by atoms with E-state index in [9.17, 15) is 4.79 Å². The molecule has 0 bridgehead atoms. The number of carbonyl (C=O) groups is 1. The van der Waals surface area contributed by atoms with E-state index >= 15 is 0 Å². The fraction of sp³-hybridized carbons (Fsp3) is 0.381. The second kappa shape index (κ2) is 8.53. The van der Waals surface area contributed by atoms with Gasteiger partial charge in [0.05, 0.1) is 6.04 Å². The minimum Gasteiger partial charge on any atom is -0.481 e. The largest absolute Gasteiger partial charge is 0.481 e. The first-order chi connectivity index (χ1) is 11.5. The van der Waals surface area contributed by atoms with E-state index in [1.54, 1.807) is 0 Å². The van der Waals surface area contributed by atoms with E-state index in [1.165, 1.54) is 11.1 Å². The molecule has 2 rings (SSSR count). The molecule has 3 nitrogen and oxygen atoms in total. The summed E-state index contributed by atoms with van der Waals surface area (Å²) in [5, 5.41) is 3.12. The molecule has 0 aliphatic rings. The Bertz CT molecular complexity index is 667. The topological polar surface area (TPSA) is 38.3 Å². The van der Waals surface area contributed by atoms with Gasteiger partial charge in [0.2, 0.25) is 0 Å². The second-order valence-corrected chi connectivity index (χ2v) is 6.14. The van der Waals surface area contributed by atoms with E-state index in [1.807, 2.05) is 62.4 Å². The summed E-state index contributed by atoms with van der Waals surface area (Å²) in [5.74, 6) is 0.680. The van der Waals surface area contributed by atoms with Crippen LogP contribution in [0, 0.1) is 13.8 Å². The molecule has 128 valence electrons. The highest BCUT2D eigenvalue weighted by atomic mass is 16.5. The van der Waals surface area contributed by atoms with Crippen molar-refractivity contribution in [3.05, 3.63) is 65.2 Å². The van der Waals surface area contributed by atoms with Crippen LogP contribution in [0.2, 0.25) is 0 Å². The van der Waals surface area contributed by atoms with Crippen LogP contribution in [0.25, 0.3) is 0 Å². The van der Waals surface area contributed by atoms with E-state index in [-0.39, 0.29) is 11.9 Å². The Morgan fingerprint density at radius 3 is 2.29 bits per heavy atom. The van der Waals surface area contributed by atoms with Crippen molar-refractivity contribution in [1.29, 1.82) is 0 Å². The first kappa shape index (κ1) is 18.1. The fourth-order valence-electron chi connectivity index (χ4n) is 2.64. The van der Waals surface area contributed by atoms with Gasteiger partial charge in [0.1, 0.15) is 5.75 Å². The van der Waals surface area contributed by atoms with Crippen LogP contribution in [0.1, 0.15) is 49.4 Å². The molecule has 0 unspecified atom stereocenters. The Balaban J connectivity index is 2.06. The smallest absolute Gasteiger partial charge is 0.261 e. The van der Waals surface area contributed by atoms with Gasteiger partial charge in [-0.2, -0.15) is 0 Å². The van der Waals surface area contributed by atoms with Crippen molar-refractivity contribution in [1.82, 2.24) is 5.32 Å². The minimum absolute atomic E-state index is 0.0103. The maximum absolute atomic E-state index is 12.6. The van der Waals surface area contributed by atoms with Crippen LogP contribution >= 0.6 is 0 Å². The van der Waals surface area contributed by atoms with E-state index in [0.29, 0.717) is 6.42 Å². The number of nitrogens with one attached hydrogen (secondary N) is 1. The summed E-state index contributed by atoms with van der Waals surface area (Å²) in [5.41, 5.74) is 3.50. The zero-order chi connectivity index (χ0) is 17.5. The van der Waals surface area contributed by atoms with Crippen molar-refractivity contribution in [2.24, 2.45) is 0 Å². The molecule has 1 N–H and O–H groups in total. The average molecular weight is 325 g/mol. The lowest BCUT2D eigenvalue weighted by Crippen LogP contribution is -2.39. The molecule has 0 aliphatic heterocycles. The zero-order valence-electron chi connectivity index (χ0n) is 15.0. The maximum atomic E-state index is 12.6. The van der Waals surface area contributed by atoms with Crippen LogP contribution in [0.15, 0.2) is 48.5 Å². The summed E-state index contributed by atoms with van der Waals surface area (Å²) >= 11 is 0. The van der Waals surface area contributed by atoms with Crippen LogP contribution in [0.4, 0.5) is 0 Å². The molecule has 0 spiro atoms. The van der Waals surface area contributed by atoms with Crippen LogP contribution in [0.3, 0.4) is 0 Å². The Labute approximate surface area is 145 Å². The molecular formula is C21H27NO2. The molecule has 0 aromatic heterocycles. The van der Waals surface area contributed by atoms with Crippen molar-refractivity contribution in [2.45, 2.75) is 52.7 Å². The third kappa shape index (κ3) is 4.60. The van der Waals surface area contributed by atoms with Crippen LogP contribution < -0.4 is 10.1 Å². The second-order valence-electron chi connectivity index (χ2n) is 6.14. The summed E-state index contributed by atoms with van der Waals surface area (Å²) in [4.78, 5) is 12.6. The minimum atomic E-state index is -0.482. The molecule has 0 saturated heterocycles. The normalized spacial score (nSPS) is 13.2. The summed E-state index contributed by atoms with van der Waals surface area (Å²) in [7, 11) is 0. The first-order valence-electron chi connectivity index (χ1n) is 8.64. The molecule has 2 aromatic rings. The number of hydrogen-bond donors (Lipinski definition) is 1. The lowest BCUT2D eigenvalue weighted by atomic mass is 10.0. The van der Waals surface area contributed by atoms with Gasteiger partial charge in [-0.05, 0) is 55.5 Å². The molecule has 3 heteroatoms. The third-order valence-corrected chi connectivity index (χ3v) is 4.35. The number of carbonyl (C=O) groups excluding carboxylic acids is 1. The van der Waals surface area contributed by atoms with E-state index in [0.717, 1.165) is 17.7 Å². The van der Waals surface area contributed by atoms with E-state index < -0.39 is 6.10 Å². The molecular weight excluding hydrogens is 298 g/mol. The Kier molecular flexibility index (Phi) is 6.42. The van der Waals surface area contributed by atoms with Gasteiger partial charge in [-0.25, -0.2) is 0 Å². The summed E-state index contributed by atoms with van der Waals surface area (Å²) in [6, 6.07) is 16.0. The highest BCUT2D eigenvalue weighted by molar-refractivity contribution is 5.81. The predicted octanol–water partition coefficient (Wildman–Crippen LogP) is 4.73. The Morgan fingerprint density at radius 1 is 1.00 bits per heavy atom. The van der Waals surface area contributed by atoms with Gasteiger partial charge in [-0.3, -0.25) is 4.79 Å². The van der Waals surface area contributed by atoms with Gasteiger partial charge in [0.15, 0.2) is 6.10 Å². The molecule has 0 aliphatic carbocycles. The number of amides is 1. The van der Waals surface area contributed by atoms with Gasteiger partial charge in [0.25, 0.3) is 5.91 Å². The van der Waals surface area contributed by atoms with Crippen LogP contribution in [-0.4, -0.2) is 12.0 Å². The van der Waals surface area contributed by atoms with Gasteiger partial charge in [0, 0.05) is 0 Å². The highest BCUT2D eigenvalue weighted by Crippen LogP contribution is 2.20. The van der Waals surface area contributed by atoms with Crippen molar-refractivity contribution in [2.75, 3.05) is 0 Å². The summed E-state index contributed by atoms with van der Waals surface area (Å²) < 4.78 is 5.93. The molecule has 0 radical (unpaired) electrons. The standard InChI is InChI=1S/C21H27NO2/c1-5-19(17-10-8-7-9-11-17)22-21(23)20(6-2)24-18-13-12-15(3)16(4)14-18/h7-14,19-20H,5-6H2,1-4H3,(H,22,23)/t19-,20-/m0/s1. The van der Waals surface area contributed by atoms with E-state index in [4.69, 9.17) is 4.74 Å². The lowest BCUT2D eigenvalue weighted by molar-refractivity contribution is -0.128. The third-order valence-electron chi connectivity index (χ3n) is 4.35. The molecule has 24 heavy (non-hydrogen) atoms. The molecule has 2 atom stereocenters. The summed E-state index contributed by atoms with van der Waals surface area (Å²) in [6.07, 6.45) is 0.990. The number of ether oxygens (including phenoxy) is 1. The number of aryl methyl sites for hydroxylation is 2. The zero-order valence-corrected chi connectivity index (χ0v) is 15.0. The quantitative estimate of drug-likeness (QED) is 0.799. The van der Waals surface area contributed by atoms with Gasteiger partial charge < -0.3 is 10.1 Å². The molecule has 2 aromatic carbocycles. The van der Waals surface area contributed by atoms with Crippen molar-refractivity contribution in [3.63, 3.8) is 0 Å². The van der Waals surface area contributed by atoms with Crippen LogP contribution in [-0.2, 0) is 4.79 Å². The molecule has 0 fully saturated rings. The Hall–Kier alpha value is -2.29. The number of hydrogen-bond acceptors (Lipinski definition) is 2. The van der Waals surface area contributed by atoms with Crippen molar-refractivity contribution >= 4 is 5.91 Å². The first-order valence-corrected chi connectivity index (χ1v) is 8.64. The molecule has 0 saturated carbocycles. The number of benzene rings is 2. The number of rotatable bonds is 7. The van der Waals surface area contributed by atoms with Gasteiger partial charge >= 0.3 is 0 Å². The van der Waals surface area contributed by atoms with Gasteiger partial charge in [-0.1, -0.05) is 50.2 Å². The monoisotopic (exact) mass is 325 g/mol. The van der Waals surface area contributed by atoms with Crippen molar-refractivity contribution in [3.8, 4) is 5.75 Å². The Morgan fingerprint density at radius 2 is 1.71 bits per heavy atom. The SMILES string of the molecule is CC[C@H](Oc1ccc(C)c(C)c1)C(=O)N[C@@H](CC)c1ccccc1. The molecule has 0 heterocycles.